The quantitative estimate of drug-likeness (QED) is 0.811. The van der Waals surface area contributed by atoms with Crippen molar-refractivity contribution in [1.82, 2.24) is 9.80 Å². The summed E-state index contributed by atoms with van der Waals surface area (Å²) in [7, 11) is 1.76. The van der Waals surface area contributed by atoms with Gasteiger partial charge in [-0.2, -0.15) is 0 Å². The number of methoxy groups -OCH3 is 1. The van der Waals surface area contributed by atoms with Crippen LogP contribution in [0.15, 0.2) is 18.2 Å². The van der Waals surface area contributed by atoms with Gasteiger partial charge in [0, 0.05) is 38.7 Å². The molecular formula is C22H32N2O2. The molecular weight excluding hydrogens is 324 g/mol. The Morgan fingerprint density at radius 2 is 1.77 bits per heavy atom. The molecule has 1 amide bonds. The molecule has 0 atom stereocenters. The summed E-state index contributed by atoms with van der Waals surface area (Å²) in [5.41, 5.74) is 4.30. The first-order chi connectivity index (χ1) is 12.4. The number of aryl methyl sites for hydroxylation is 2. The van der Waals surface area contributed by atoms with E-state index in [1.165, 1.54) is 29.5 Å². The van der Waals surface area contributed by atoms with Crippen LogP contribution in [0, 0.1) is 19.3 Å². The van der Waals surface area contributed by atoms with Gasteiger partial charge in [-0.3, -0.25) is 9.69 Å². The highest BCUT2D eigenvalue weighted by Crippen LogP contribution is 2.43. The number of rotatable bonds is 5. The normalized spacial score (nSPS) is 23.7. The summed E-state index contributed by atoms with van der Waals surface area (Å²) in [5, 5.41) is 0. The molecule has 2 saturated heterocycles. The minimum Gasteiger partial charge on any atom is -0.378 e. The maximum atomic E-state index is 12.6. The Morgan fingerprint density at radius 1 is 1.08 bits per heavy atom. The Kier molecular flexibility index (Phi) is 4.60. The van der Waals surface area contributed by atoms with Gasteiger partial charge in [-0.1, -0.05) is 29.3 Å². The number of carbonyl (C=O) groups is 1. The van der Waals surface area contributed by atoms with Crippen LogP contribution in [0.5, 0.6) is 0 Å². The molecule has 26 heavy (non-hydrogen) atoms. The number of benzene rings is 1. The topological polar surface area (TPSA) is 32.8 Å². The average molecular weight is 357 g/mol. The number of hydrogen-bond donors (Lipinski definition) is 0. The summed E-state index contributed by atoms with van der Waals surface area (Å²) < 4.78 is 5.63. The van der Waals surface area contributed by atoms with E-state index in [-0.39, 0.29) is 5.60 Å². The van der Waals surface area contributed by atoms with Gasteiger partial charge < -0.3 is 9.64 Å². The van der Waals surface area contributed by atoms with E-state index in [1.54, 1.807) is 7.11 Å². The molecule has 3 fully saturated rings. The molecule has 4 nitrogen and oxygen atoms in total. The number of carbonyl (C=O) groups excluding carboxylic acids is 1. The molecule has 4 heteroatoms. The molecule has 1 spiro atoms. The minimum absolute atomic E-state index is 0.148. The van der Waals surface area contributed by atoms with Gasteiger partial charge >= 0.3 is 0 Å². The maximum Gasteiger partial charge on any atom is 0.225 e. The highest BCUT2D eigenvalue weighted by atomic mass is 16.5. The molecule has 1 aromatic rings. The minimum atomic E-state index is -0.148. The standard InChI is InChI=1S/C22H32N2O2/c1-17-9-18(2)11-19(10-17)13-23-8-7-21(14-23)15-24(16-21)20(25)12-22(26-3)5-4-6-22/h9-11H,4-8,12-16H2,1-3H3. The van der Waals surface area contributed by atoms with Crippen LogP contribution in [-0.2, 0) is 16.1 Å². The van der Waals surface area contributed by atoms with Gasteiger partial charge in [0.05, 0.1) is 12.0 Å². The monoisotopic (exact) mass is 356 g/mol. The summed E-state index contributed by atoms with van der Waals surface area (Å²) in [4.78, 5) is 17.2. The largest absolute Gasteiger partial charge is 0.378 e. The van der Waals surface area contributed by atoms with E-state index in [4.69, 9.17) is 4.74 Å². The van der Waals surface area contributed by atoms with Gasteiger partial charge in [0.2, 0.25) is 5.91 Å². The molecule has 142 valence electrons. The molecule has 0 bridgehead atoms. The van der Waals surface area contributed by atoms with Crippen molar-refractivity contribution in [1.29, 1.82) is 0 Å². The number of hydrogen-bond acceptors (Lipinski definition) is 3. The lowest BCUT2D eigenvalue weighted by Gasteiger charge is -2.50. The molecule has 3 aliphatic rings. The Bertz CT molecular complexity index is 664. The lowest BCUT2D eigenvalue weighted by atomic mass is 9.75. The van der Waals surface area contributed by atoms with Crippen LogP contribution >= 0.6 is 0 Å². The Labute approximate surface area is 157 Å². The molecule has 1 aromatic carbocycles. The molecule has 0 N–H and O–H groups in total. The number of likely N-dealkylation sites (tertiary alicyclic amines) is 2. The van der Waals surface area contributed by atoms with E-state index in [2.05, 4.69) is 41.8 Å². The van der Waals surface area contributed by atoms with Gasteiger partial charge in [0.25, 0.3) is 0 Å². The predicted molar refractivity (Wildman–Crippen MR) is 103 cm³/mol. The van der Waals surface area contributed by atoms with E-state index in [1.807, 2.05) is 0 Å². The number of amides is 1. The van der Waals surface area contributed by atoms with E-state index in [0.29, 0.717) is 17.7 Å². The van der Waals surface area contributed by atoms with Crippen LogP contribution < -0.4 is 0 Å². The number of nitrogens with zero attached hydrogens (tertiary/aromatic N) is 2. The third kappa shape index (κ3) is 3.41. The molecule has 1 aliphatic carbocycles. The first kappa shape index (κ1) is 18.0. The van der Waals surface area contributed by atoms with Crippen LogP contribution in [0.4, 0.5) is 0 Å². The van der Waals surface area contributed by atoms with Crippen molar-refractivity contribution in [2.24, 2.45) is 5.41 Å². The maximum absolute atomic E-state index is 12.6. The molecule has 0 aromatic heterocycles. The van der Waals surface area contributed by atoms with Crippen LogP contribution in [0.1, 0.15) is 48.8 Å². The third-order valence-corrected chi connectivity index (χ3v) is 6.78. The summed E-state index contributed by atoms with van der Waals surface area (Å²) in [6, 6.07) is 6.84. The molecule has 4 rings (SSSR count). The summed E-state index contributed by atoms with van der Waals surface area (Å²) in [6.45, 7) is 9.53. The Morgan fingerprint density at radius 3 is 2.35 bits per heavy atom. The SMILES string of the molecule is COC1(CC(=O)N2CC3(CCN(Cc4cc(C)cc(C)c4)C3)C2)CCC1. The zero-order valence-electron chi connectivity index (χ0n) is 16.5. The molecule has 0 unspecified atom stereocenters. The van der Waals surface area contributed by atoms with Crippen molar-refractivity contribution in [3.63, 3.8) is 0 Å². The van der Waals surface area contributed by atoms with Gasteiger partial charge in [-0.25, -0.2) is 0 Å². The van der Waals surface area contributed by atoms with Crippen LogP contribution in [0.25, 0.3) is 0 Å². The molecule has 1 saturated carbocycles. The molecule has 2 heterocycles. The summed E-state index contributed by atoms with van der Waals surface area (Å²) >= 11 is 0. The van der Waals surface area contributed by atoms with Crippen molar-refractivity contribution < 1.29 is 9.53 Å². The Balaban J connectivity index is 1.29. The van der Waals surface area contributed by atoms with E-state index in [9.17, 15) is 4.79 Å². The van der Waals surface area contributed by atoms with Gasteiger partial charge in [0.1, 0.15) is 0 Å². The number of ether oxygens (including phenoxy) is 1. The summed E-state index contributed by atoms with van der Waals surface area (Å²) in [6.07, 6.45) is 5.07. The first-order valence-corrected chi connectivity index (χ1v) is 10.0. The van der Waals surface area contributed by atoms with Crippen molar-refractivity contribution in [3.8, 4) is 0 Å². The second-order valence-electron chi connectivity index (χ2n) is 9.12. The van der Waals surface area contributed by atoms with Crippen molar-refractivity contribution in [2.75, 3.05) is 33.3 Å². The lowest BCUT2D eigenvalue weighted by molar-refractivity contribution is -0.154. The average Bonchev–Trinajstić information content (AvgIpc) is 2.92. The zero-order chi connectivity index (χ0) is 18.4. The van der Waals surface area contributed by atoms with E-state index < -0.39 is 0 Å². The van der Waals surface area contributed by atoms with Crippen LogP contribution in [-0.4, -0.2) is 54.6 Å². The van der Waals surface area contributed by atoms with Crippen LogP contribution in [0.2, 0.25) is 0 Å². The third-order valence-electron chi connectivity index (χ3n) is 6.78. The van der Waals surface area contributed by atoms with Crippen molar-refractivity contribution >= 4 is 5.91 Å². The molecule has 2 aliphatic heterocycles. The second-order valence-corrected chi connectivity index (χ2v) is 9.12. The second kappa shape index (κ2) is 6.65. The summed E-state index contributed by atoms with van der Waals surface area (Å²) in [5.74, 6) is 0.296. The van der Waals surface area contributed by atoms with E-state index >= 15 is 0 Å². The predicted octanol–water partition coefficient (Wildman–Crippen LogP) is 3.30. The van der Waals surface area contributed by atoms with Crippen molar-refractivity contribution in [3.05, 3.63) is 34.9 Å². The smallest absolute Gasteiger partial charge is 0.225 e. The fraction of sp³-hybridized carbons (Fsp3) is 0.682. The van der Waals surface area contributed by atoms with Crippen molar-refractivity contribution in [2.45, 2.75) is 58.1 Å². The molecule has 0 radical (unpaired) electrons. The Hall–Kier alpha value is -1.39. The van der Waals surface area contributed by atoms with Crippen LogP contribution in [0.3, 0.4) is 0 Å². The fourth-order valence-electron chi connectivity index (χ4n) is 5.19. The van der Waals surface area contributed by atoms with E-state index in [0.717, 1.165) is 45.6 Å². The fourth-order valence-corrected chi connectivity index (χ4v) is 5.19. The zero-order valence-corrected chi connectivity index (χ0v) is 16.5. The highest BCUT2D eigenvalue weighted by Gasteiger charge is 2.50. The highest BCUT2D eigenvalue weighted by molar-refractivity contribution is 5.78. The van der Waals surface area contributed by atoms with Gasteiger partial charge in [-0.15, -0.1) is 0 Å². The van der Waals surface area contributed by atoms with Gasteiger partial charge in [0.15, 0.2) is 0 Å². The first-order valence-electron chi connectivity index (χ1n) is 10.0. The van der Waals surface area contributed by atoms with Gasteiger partial charge in [-0.05, 0) is 51.6 Å². The lowest BCUT2D eigenvalue weighted by Crippen LogP contribution is -2.60.